The SMILES string of the molecule is Nc1ccn(Cc2ccc(OC(F)(F)F)c(F)c2)n1. The highest BCUT2D eigenvalue weighted by Gasteiger charge is 2.32. The van der Waals surface area contributed by atoms with Crippen LogP contribution in [0.2, 0.25) is 0 Å². The quantitative estimate of drug-likeness (QED) is 0.876. The molecule has 4 nitrogen and oxygen atoms in total. The van der Waals surface area contributed by atoms with Crippen LogP contribution >= 0.6 is 0 Å². The van der Waals surface area contributed by atoms with Gasteiger partial charge in [0.15, 0.2) is 11.6 Å². The first-order valence-electron chi connectivity index (χ1n) is 5.16. The maximum Gasteiger partial charge on any atom is 0.573 e. The van der Waals surface area contributed by atoms with Crippen LogP contribution in [0.25, 0.3) is 0 Å². The summed E-state index contributed by atoms with van der Waals surface area (Å²) in [6, 6.07) is 4.75. The Morgan fingerprint density at radius 3 is 2.53 bits per heavy atom. The lowest BCUT2D eigenvalue weighted by Gasteiger charge is -2.10. The number of nitrogens with two attached hydrogens (primary N) is 1. The molecule has 2 aromatic rings. The molecule has 0 aliphatic heterocycles. The number of hydrogen-bond donors (Lipinski definition) is 1. The van der Waals surface area contributed by atoms with Crippen molar-refractivity contribution in [1.82, 2.24) is 9.78 Å². The predicted octanol–water partition coefficient (Wildman–Crippen LogP) is 2.55. The Labute approximate surface area is 105 Å². The van der Waals surface area contributed by atoms with E-state index in [1.807, 2.05) is 0 Å². The van der Waals surface area contributed by atoms with Gasteiger partial charge in [0.2, 0.25) is 0 Å². The number of alkyl halides is 3. The number of ether oxygens (including phenoxy) is 1. The van der Waals surface area contributed by atoms with E-state index < -0.39 is 17.9 Å². The van der Waals surface area contributed by atoms with E-state index >= 15 is 0 Å². The summed E-state index contributed by atoms with van der Waals surface area (Å²) in [4.78, 5) is 0. The molecule has 0 amide bonds. The number of aromatic nitrogens is 2. The average molecular weight is 275 g/mol. The van der Waals surface area contributed by atoms with Crippen molar-refractivity contribution in [1.29, 1.82) is 0 Å². The molecular formula is C11H9F4N3O. The first-order chi connectivity index (χ1) is 8.83. The lowest BCUT2D eigenvalue weighted by molar-refractivity contribution is -0.275. The van der Waals surface area contributed by atoms with Crippen LogP contribution in [0.15, 0.2) is 30.5 Å². The summed E-state index contributed by atoms with van der Waals surface area (Å²) >= 11 is 0. The highest BCUT2D eigenvalue weighted by molar-refractivity contribution is 5.30. The van der Waals surface area contributed by atoms with E-state index in [0.717, 1.165) is 12.1 Å². The second kappa shape index (κ2) is 4.79. The van der Waals surface area contributed by atoms with Gasteiger partial charge in [-0.2, -0.15) is 5.10 Å². The first-order valence-corrected chi connectivity index (χ1v) is 5.16. The van der Waals surface area contributed by atoms with Crippen LogP contribution in [0, 0.1) is 5.82 Å². The minimum Gasteiger partial charge on any atom is -0.403 e. The van der Waals surface area contributed by atoms with E-state index in [1.165, 1.54) is 10.7 Å². The number of benzene rings is 1. The molecule has 0 fully saturated rings. The predicted molar refractivity (Wildman–Crippen MR) is 58.8 cm³/mol. The third-order valence-electron chi connectivity index (χ3n) is 2.23. The third kappa shape index (κ3) is 3.60. The minimum atomic E-state index is -4.92. The van der Waals surface area contributed by atoms with E-state index in [0.29, 0.717) is 11.4 Å². The summed E-state index contributed by atoms with van der Waals surface area (Å²) in [6.45, 7) is 0.195. The van der Waals surface area contributed by atoms with E-state index in [1.54, 1.807) is 12.3 Å². The zero-order valence-electron chi connectivity index (χ0n) is 9.49. The molecule has 0 saturated carbocycles. The monoisotopic (exact) mass is 275 g/mol. The molecule has 8 heteroatoms. The topological polar surface area (TPSA) is 53.1 Å². The highest BCUT2D eigenvalue weighted by atomic mass is 19.4. The van der Waals surface area contributed by atoms with Crippen molar-refractivity contribution in [2.45, 2.75) is 12.9 Å². The first kappa shape index (κ1) is 13.2. The number of rotatable bonds is 3. The minimum absolute atomic E-state index is 0.195. The Kier molecular flexibility index (Phi) is 3.32. The van der Waals surface area contributed by atoms with Gasteiger partial charge in [-0.15, -0.1) is 13.2 Å². The normalized spacial score (nSPS) is 11.6. The largest absolute Gasteiger partial charge is 0.573 e. The van der Waals surface area contributed by atoms with Crippen LogP contribution < -0.4 is 10.5 Å². The smallest absolute Gasteiger partial charge is 0.403 e. The molecule has 0 unspecified atom stereocenters. The molecule has 102 valence electrons. The zero-order chi connectivity index (χ0) is 14.0. The van der Waals surface area contributed by atoms with Gasteiger partial charge in [0.1, 0.15) is 5.82 Å². The van der Waals surface area contributed by atoms with Gasteiger partial charge in [-0.25, -0.2) is 4.39 Å². The molecule has 2 rings (SSSR count). The van der Waals surface area contributed by atoms with Crippen molar-refractivity contribution in [2.75, 3.05) is 5.73 Å². The van der Waals surface area contributed by atoms with E-state index in [4.69, 9.17) is 5.73 Å². The Morgan fingerprint density at radius 1 is 1.26 bits per heavy atom. The van der Waals surface area contributed by atoms with Gasteiger partial charge in [0.25, 0.3) is 0 Å². The van der Waals surface area contributed by atoms with Crippen LogP contribution in [-0.4, -0.2) is 16.1 Å². The van der Waals surface area contributed by atoms with Crippen LogP contribution in [0.4, 0.5) is 23.4 Å². The lowest BCUT2D eigenvalue weighted by atomic mass is 10.2. The number of halogens is 4. The molecule has 0 radical (unpaired) electrons. The molecule has 0 saturated heterocycles. The molecule has 0 aliphatic rings. The summed E-state index contributed by atoms with van der Waals surface area (Å²) in [6.07, 6.45) is -3.34. The Bertz CT molecular complexity index is 580. The van der Waals surface area contributed by atoms with Gasteiger partial charge in [0.05, 0.1) is 6.54 Å². The molecule has 0 bridgehead atoms. The van der Waals surface area contributed by atoms with Crippen molar-refractivity contribution in [3.8, 4) is 5.75 Å². The molecule has 19 heavy (non-hydrogen) atoms. The van der Waals surface area contributed by atoms with Gasteiger partial charge in [0, 0.05) is 6.20 Å². The summed E-state index contributed by atoms with van der Waals surface area (Å²) in [7, 11) is 0. The fourth-order valence-corrected chi connectivity index (χ4v) is 1.50. The maximum absolute atomic E-state index is 13.4. The van der Waals surface area contributed by atoms with E-state index in [2.05, 4.69) is 9.84 Å². The van der Waals surface area contributed by atoms with Gasteiger partial charge < -0.3 is 10.5 Å². The van der Waals surface area contributed by atoms with Crippen molar-refractivity contribution in [3.05, 3.63) is 41.8 Å². The number of anilines is 1. The Hall–Kier alpha value is -2.25. The maximum atomic E-state index is 13.4. The van der Waals surface area contributed by atoms with Crippen molar-refractivity contribution in [2.24, 2.45) is 0 Å². The Balaban J connectivity index is 2.14. The molecule has 0 spiro atoms. The van der Waals surface area contributed by atoms with Gasteiger partial charge in [-0.05, 0) is 23.8 Å². The summed E-state index contributed by atoms with van der Waals surface area (Å²) in [5.74, 6) is -1.65. The fraction of sp³-hybridized carbons (Fsp3) is 0.182. The lowest BCUT2D eigenvalue weighted by Crippen LogP contribution is -2.18. The number of nitrogens with zero attached hydrogens (tertiary/aromatic N) is 2. The highest BCUT2D eigenvalue weighted by Crippen LogP contribution is 2.26. The molecule has 1 aromatic carbocycles. The zero-order valence-corrected chi connectivity index (χ0v) is 9.49. The van der Waals surface area contributed by atoms with Crippen LogP contribution in [0.3, 0.4) is 0 Å². The number of hydrogen-bond acceptors (Lipinski definition) is 3. The van der Waals surface area contributed by atoms with Crippen LogP contribution in [-0.2, 0) is 6.54 Å². The summed E-state index contributed by atoms with van der Waals surface area (Å²) in [5.41, 5.74) is 5.84. The van der Waals surface area contributed by atoms with E-state index in [-0.39, 0.29) is 6.54 Å². The summed E-state index contributed by atoms with van der Waals surface area (Å²) in [5, 5.41) is 3.88. The second-order valence-electron chi connectivity index (χ2n) is 3.75. The van der Waals surface area contributed by atoms with Gasteiger partial charge >= 0.3 is 6.36 Å². The Morgan fingerprint density at radius 2 is 2.00 bits per heavy atom. The van der Waals surface area contributed by atoms with Crippen molar-refractivity contribution < 1.29 is 22.3 Å². The van der Waals surface area contributed by atoms with Gasteiger partial charge in [-0.1, -0.05) is 6.07 Å². The molecule has 1 heterocycles. The van der Waals surface area contributed by atoms with Crippen LogP contribution in [0.5, 0.6) is 5.75 Å². The molecule has 0 atom stereocenters. The number of nitrogen functional groups attached to an aromatic ring is 1. The molecule has 1 aromatic heterocycles. The third-order valence-corrected chi connectivity index (χ3v) is 2.23. The van der Waals surface area contributed by atoms with Crippen molar-refractivity contribution in [3.63, 3.8) is 0 Å². The van der Waals surface area contributed by atoms with Crippen molar-refractivity contribution >= 4 is 5.82 Å². The summed E-state index contributed by atoms with van der Waals surface area (Å²) < 4.78 is 54.2. The molecule has 2 N–H and O–H groups in total. The van der Waals surface area contributed by atoms with Gasteiger partial charge in [-0.3, -0.25) is 4.68 Å². The van der Waals surface area contributed by atoms with E-state index in [9.17, 15) is 17.6 Å². The molecule has 0 aliphatic carbocycles. The second-order valence-corrected chi connectivity index (χ2v) is 3.75. The average Bonchev–Trinajstić information content (AvgIpc) is 2.66. The standard InChI is InChI=1S/C11H9F4N3O/c12-8-5-7(6-18-4-3-10(16)17-18)1-2-9(8)19-11(13,14)15/h1-5H,6H2,(H2,16,17). The molecular weight excluding hydrogens is 266 g/mol. The fourth-order valence-electron chi connectivity index (χ4n) is 1.50. The van der Waals surface area contributed by atoms with Crippen LogP contribution in [0.1, 0.15) is 5.56 Å².